The number of likely N-dealkylation sites (tertiary alicyclic amines) is 1. The van der Waals surface area contributed by atoms with Gasteiger partial charge in [-0.15, -0.1) is 0 Å². The van der Waals surface area contributed by atoms with Crippen LogP contribution in [0.2, 0.25) is 0 Å². The van der Waals surface area contributed by atoms with Crippen molar-refractivity contribution in [2.75, 3.05) is 46.4 Å². The molecule has 0 aliphatic carbocycles. The first-order valence-electron chi connectivity index (χ1n) is 10.8. The lowest BCUT2D eigenvalue weighted by Gasteiger charge is -2.34. The van der Waals surface area contributed by atoms with Crippen LogP contribution in [-0.4, -0.2) is 63.4 Å². The van der Waals surface area contributed by atoms with Crippen LogP contribution < -0.4 is 15.4 Å². The average molecular weight is 389 g/mol. The Balaban J connectivity index is 1.68. The topological polar surface area (TPSA) is 58.1 Å². The number of aliphatic imine (C=N–C) groups is 1. The Morgan fingerprint density at radius 2 is 1.96 bits per heavy atom. The molecular formula is C22H36N4O2. The van der Waals surface area contributed by atoms with Gasteiger partial charge in [0.25, 0.3) is 0 Å². The lowest BCUT2D eigenvalue weighted by Crippen LogP contribution is -2.42. The summed E-state index contributed by atoms with van der Waals surface area (Å²) in [5.74, 6) is 1.78. The third kappa shape index (κ3) is 6.11. The number of hydrogen-bond donors (Lipinski definition) is 2. The molecule has 0 aromatic heterocycles. The number of nitrogens with zero attached hydrogens (tertiary/aromatic N) is 2. The van der Waals surface area contributed by atoms with Gasteiger partial charge in [-0.1, -0.05) is 18.6 Å². The van der Waals surface area contributed by atoms with Crippen molar-refractivity contribution in [1.29, 1.82) is 0 Å². The third-order valence-corrected chi connectivity index (χ3v) is 5.62. The molecule has 0 saturated carbocycles. The van der Waals surface area contributed by atoms with Gasteiger partial charge in [0.15, 0.2) is 5.96 Å². The van der Waals surface area contributed by atoms with Crippen LogP contribution in [0.1, 0.15) is 50.6 Å². The summed E-state index contributed by atoms with van der Waals surface area (Å²) in [6, 6.07) is 8.76. The summed E-state index contributed by atoms with van der Waals surface area (Å²) in [6.45, 7) is 7.70. The first kappa shape index (κ1) is 20.9. The van der Waals surface area contributed by atoms with E-state index in [1.54, 1.807) is 7.11 Å². The minimum absolute atomic E-state index is 0.296. The van der Waals surface area contributed by atoms with Crippen molar-refractivity contribution in [3.63, 3.8) is 0 Å². The maximum absolute atomic E-state index is 5.73. The van der Waals surface area contributed by atoms with Crippen LogP contribution in [0.4, 0.5) is 0 Å². The maximum Gasteiger partial charge on any atom is 0.191 e. The highest BCUT2D eigenvalue weighted by Crippen LogP contribution is 2.26. The Morgan fingerprint density at radius 1 is 1.18 bits per heavy atom. The van der Waals surface area contributed by atoms with E-state index in [0.717, 1.165) is 63.9 Å². The third-order valence-electron chi connectivity index (χ3n) is 5.62. The van der Waals surface area contributed by atoms with Crippen LogP contribution in [0.5, 0.6) is 5.75 Å². The molecule has 2 heterocycles. The van der Waals surface area contributed by atoms with Crippen molar-refractivity contribution in [3.05, 3.63) is 29.8 Å². The number of rotatable bonds is 8. The second-order valence-electron chi connectivity index (χ2n) is 7.62. The van der Waals surface area contributed by atoms with Crippen molar-refractivity contribution in [1.82, 2.24) is 15.5 Å². The van der Waals surface area contributed by atoms with E-state index >= 15 is 0 Å². The van der Waals surface area contributed by atoms with Crippen molar-refractivity contribution in [2.24, 2.45) is 4.99 Å². The zero-order valence-electron chi connectivity index (χ0n) is 17.5. The van der Waals surface area contributed by atoms with Crippen molar-refractivity contribution in [2.45, 2.75) is 51.2 Å². The highest BCUT2D eigenvalue weighted by molar-refractivity contribution is 5.79. The summed E-state index contributed by atoms with van der Waals surface area (Å²) < 4.78 is 11.1. The van der Waals surface area contributed by atoms with Crippen LogP contribution in [0.15, 0.2) is 29.3 Å². The number of nitrogens with one attached hydrogen (secondary N) is 2. The first-order valence-corrected chi connectivity index (χ1v) is 10.8. The molecule has 6 nitrogen and oxygen atoms in total. The van der Waals surface area contributed by atoms with Gasteiger partial charge < -0.3 is 20.1 Å². The predicted molar refractivity (Wildman–Crippen MR) is 114 cm³/mol. The van der Waals surface area contributed by atoms with E-state index in [9.17, 15) is 0 Å². The minimum Gasteiger partial charge on any atom is -0.497 e. The molecule has 2 atom stereocenters. The molecule has 2 aliphatic heterocycles. The van der Waals surface area contributed by atoms with Gasteiger partial charge in [-0.05, 0) is 63.4 Å². The van der Waals surface area contributed by atoms with Gasteiger partial charge in [0.05, 0.1) is 25.8 Å². The molecule has 2 fully saturated rings. The Hall–Kier alpha value is -1.79. The standard InChI is InChI=1S/C22H36N4O2/c1-3-23-22(24-16-20-8-7-15-28-20)25-17-21(26-13-5-4-6-14-26)18-9-11-19(27-2)12-10-18/h9-12,20-21H,3-8,13-17H2,1-2H3,(H2,23,24,25). The van der Waals surface area contributed by atoms with Crippen molar-refractivity contribution >= 4 is 5.96 Å². The van der Waals surface area contributed by atoms with Gasteiger partial charge in [-0.3, -0.25) is 9.89 Å². The molecule has 156 valence electrons. The lowest BCUT2D eigenvalue weighted by atomic mass is 10.0. The number of ether oxygens (including phenoxy) is 2. The van der Waals surface area contributed by atoms with Gasteiger partial charge in [-0.2, -0.15) is 0 Å². The monoisotopic (exact) mass is 388 g/mol. The molecule has 1 aromatic rings. The quantitative estimate of drug-likeness (QED) is 0.530. The number of hydrogen-bond acceptors (Lipinski definition) is 4. The molecule has 2 N–H and O–H groups in total. The molecule has 0 bridgehead atoms. The Kier molecular flexibility index (Phi) is 8.42. The maximum atomic E-state index is 5.73. The number of methoxy groups -OCH3 is 1. The highest BCUT2D eigenvalue weighted by Gasteiger charge is 2.22. The van der Waals surface area contributed by atoms with E-state index in [-0.39, 0.29) is 0 Å². The summed E-state index contributed by atoms with van der Waals surface area (Å²) in [4.78, 5) is 7.52. The zero-order valence-corrected chi connectivity index (χ0v) is 17.5. The highest BCUT2D eigenvalue weighted by atomic mass is 16.5. The summed E-state index contributed by atoms with van der Waals surface area (Å²) in [5.41, 5.74) is 1.31. The Morgan fingerprint density at radius 3 is 2.61 bits per heavy atom. The molecule has 28 heavy (non-hydrogen) atoms. The number of benzene rings is 1. The largest absolute Gasteiger partial charge is 0.497 e. The molecule has 1 aromatic carbocycles. The summed E-state index contributed by atoms with van der Waals surface area (Å²) in [6.07, 6.45) is 6.48. The molecule has 0 amide bonds. The molecule has 2 aliphatic rings. The molecule has 6 heteroatoms. The number of piperidine rings is 1. The van der Waals surface area contributed by atoms with Gasteiger partial charge in [0, 0.05) is 19.7 Å². The molecule has 0 spiro atoms. The molecule has 2 unspecified atom stereocenters. The summed E-state index contributed by atoms with van der Waals surface area (Å²) >= 11 is 0. The van der Waals surface area contributed by atoms with Gasteiger partial charge >= 0.3 is 0 Å². The van der Waals surface area contributed by atoms with Crippen LogP contribution in [0, 0.1) is 0 Å². The molecule has 0 radical (unpaired) electrons. The first-order chi connectivity index (χ1) is 13.8. The van der Waals surface area contributed by atoms with Gasteiger partial charge in [0.2, 0.25) is 0 Å². The fourth-order valence-corrected chi connectivity index (χ4v) is 4.02. The molecular weight excluding hydrogens is 352 g/mol. The van der Waals surface area contributed by atoms with E-state index in [2.05, 4.69) is 46.7 Å². The van der Waals surface area contributed by atoms with E-state index in [1.165, 1.54) is 24.8 Å². The van der Waals surface area contributed by atoms with Gasteiger partial charge in [0.1, 0.15) is 5.75 Å². The van der Waals surface area contributed by atoms with Crippen LogP contribution >= 0.6 is 0 Å². The Labute approximate surface area is 169 Å². The predicted octanol–water partition coefficient (Wildman–Crippen LogP) is 2.96. The van der Waals surface area contributed by atoms with E-state index in [4.69, 9.17) is 14.5 Å². The number of guanidine groups is 1. The average Bonchev–Trinajstić information content (AvgIpc) is 3.27. The van der Waals surface area contributed by atoms with E-state index < -0.39 is 0 Å². The van der Waals surface area contributed by atoms with E-state index in [1.807, 2.05) is 0 Å². The van der Waals surface area contributed by atoms with Crippen LogP contribution in [0.3, 0.4) is 0 Å². The van der Waals surface area contributed by atoms with Gasteiger partial charge in [-0.25, -0.2) is 0 Å². The zero-order chi connectivity index (χ0) is 19.6. The smallest absolute Gasteiger partial charge is 0.191 e. The fraction of sp³-hybridized carbons (Fsp3) is 0.682. The molecule has 2 saturated heterocycles. The second kappa shape index (κ2) is 11.3. The van der Waals surface area contributed by atoms with Crippen LogP contribution in [0.25, 0.3) is 0 Å². The van der Waals surface area contributed by atoms with E-state index in [0.29, 0.717) is 12.1 Å². The second-order valence-corrected chi connectivity index (χ2v) is 7.62. The molecule has 3 rings (SSSR count). The fourth-order valence-electron chi connectivity index (χ4n) is 4.02. The SMILES string of the molecule is CCNC(=NCC(c1ccc(OC)cc1)N1CCCCC1)NCC1CCCO1. The Bertz CT molecular complexity index is 593. The summed E-state index contributed by atoms with van der Waals surface area (Å²) in [5, 5.41) is 6.85. The minimum atomic E-state index is 0.296. The summed E-state index contributed by atoms with van der Waals surface area (Å²) in [7, 11) is 1.71. The van der Waals surface area contributed by atoms with Crippen LogP contribution in [-0.2, 0) is 4.74 Å². The van der Waals surface area contributed by atoms with Crippen molar-refractivity contribution in [3.8, 4) is 5.75 Å². The normalized spacial score (nSPS) is 22.1. The van der Waals surface area contributed by atoms with Crippen molar-refractivity contribution < 1.29 is 9.47 Å². The lowest BCUT2D eigenvalue weighted by molar-refractivity contribution is 0.113.